The minimum absolute atomic E-state index is 0.497. The summed E-state index contributed by atoms with van der Waals surface area (Å²) in [5, 5.41) is 9.36. The maximum atomic E-state index is 6.32. The number of aryl methyl sites for hydroxylation is 1. The topological polar surface area (TPSA) is 80.7 Å². The molecule has 3 aromatic heterocycles. The van der Waals surface area contributed by atoms with E-state index in [0.29, 0.717) is 5.82 Å². The zero-order chi connectivity index (χ0) is 22.2. The van der Waals surface area contributed by atoms with Crippen molar-refractivity contribution in [2.75, 3.05) is 39.5 Å². The average molecular weight is 451 g/mol. The van der Waals surface area contributed by atoms with Crippen LogP contribution in [-0.4, -0.2) is 53.3 Å². The first kappa shape index (κ1) is 21.2. The number of thiophene rings is 1. The highest BCUT2D eigenvalue weighted by atomic mass is 32.1. The van der Waals surface area contributed by atoms with Gasteiger partial charge in [-0.3, -0.25) is 0 Å². The molecule has 0 aliphatic carbocycles. The van der Waals surface area contributed by atoms with Gasteiger partial charge in [0.05, 0.1) is 17.5 Å². The van der Waals surface area contributed by atoms with Gasteiger partial charge in [0.15, 0.2) is 5.82 Å². The number of methoxy groups -OCH3 is 1. The molecule has 1 aliphatic rings. The van der Waals surface area contributed by atoms with Crippen molar-refractivity contribution in [2.24, 2.45) is 5.92 Å². The van der Waals surface area contributed by atoms with E-state index in [2.05, 4.69) is 58.5 Å². The molecule has 168 valence electrons. The summed E-state index contributed by atoms with van der Waals surface area (Å²) < 4.78 is 8.71. The number of anilines is 1. The molecular weight excluding hydrogens is 420 g/mol. The highest BCUT2D eigenvalue weighted by molar-refractivity contribution is 7.22. The van der Waals surface area contributed by atoms with Crippen molar-refractivity contribution in [1.82, 2.24) is 24.8 Å². The smallest absolute Gasteiger partial charge is 0.152 e. The third kappa shape index (κ3) is 3.94. The van der Waals surface area contributed by atoms with Gasteiger partial charge in [-0.25, -0.2) is 9.50 Å². The summed E-state index contributed by atoms with van der Waals surface area (Å²) in [4.78, 5) is 7.82. The number of rotatable bonds is 6. The number of likely N-dealkylation sites (tertiary alicyclic amines) is 1. The predicted molar refractivity (Wildman–Crippen MR) is 131 cm³/mol. The molecule has 1 fully saturated rings. The van der Waals surface area contributed by atoms with Gasteiger partial charge in [-0.1, -0.05) is 6.07 Å². The van der Waals surface area contributed by atoms with Crippen molar-refractivity contribution >= 4 is 32.8 Å². The first-order valence-electron chi connectivity index (χ1n) is 11.1. The molecule has 8 heteroatoms. The highest BCUT2D eigenvalue weighted by Gasteiger charge is 2.20. The predicted octanol–water partition coefficient (Wildman–Crippen LogP) is 3.94. The second-order valence-electron chi connectivity index (χ2n) is 8.83. The fraction of sp³-hybridized carbons (Fsp3) is 0.417. The highest BCUT2D eigenvalue weighted by Crippen LogP contribution is 2.42. The number of aromatic nitrogens is 3. The van der Waals surface area contributed by atoms with Crippen LogP contribution >= 0.6 is 11.3 Å². The molecule has 0 spiro atoms. The Bertz CT molecular complexity index is 1250. The molecule has 0 amide bonds. The number of hydrogen-bond acceptors (Lipinski definition) is 7. The average Bonchev–Trinajstić information content (AvgIpc) is 3.37. The molecule has 1 saturated heterocycles. The monoisotopic (exact) mass is 450 g/mol. The number of ether oxygens (including phenoxy) is 1. The Morgan fingerprint density at radius 3 is 2.81 bits per heavy atom. The molecule has 0 radical (unpaired) electrons. The summed E-state index contributed by atoms with van der Waals surface area (Å²) in [6.07, 6.45) is 4.04. The lowest BCUT2D eigenvalue weighted by molar-refractivity contribution is 0.216. The normalized spacial score (nSPS) is 15.7. The van der Waals surface area contributed by atoms with Gasteiger partial charge in [-0.2, -0.15) is 5.10 Å². The van der Waals surface area contributed by atoms with Gasteiger partial charge < -0.3 is 20.7 Å². The van der Waals surface area contributed by atoms with Crippen LogP contribution in [0.3, 0.4) is 0 Å². The van der Waals surface area contributed by atoms with Crippen LogP contribution in [0.15, 0.2) is 30.6 Å². The number of nitrogens with zero attached hydrogens (tertiary/aromatic N) is 4. The number of benzene rings is 1. The summed E-state index contributed by atoms with van der Waals surface area (Å²) in [6.45, 7) is 6.23. The Morgan fingerprint density at radius 2 is 2.03 bits per heavy atom. The van der Waals surface area contributed by atoms with E-state index in [9.17, 15) is 0 Å². The molecule has 4 heterocycles. The van der Waals surface area contributed by atoms with Gasteiger partial charge in [0.2, 0.25) is 0 Å². The van der Waals surface area contributed by atoms with Gasteiger partial charge in [-0.15, -0.1) is 11.3 Å². The molecule has 5 rings (SSSR count). The zero-order valence-electron chi connectivity index (χ0n) is 18.9. The fourth-order valence-corrected chi connectivity index (χ4v) is 5.82. The summed E-state index contributed by atoms with van der Waals surface area (Å²) in [6, 6.07) is 8.69. The van der Waals surface area contributed by atoms with Crippen LogP contribution in [0.25, 0.3) is 26.0 Å². The van der Waals surface area contributed by atoms with E-state index in [0.717, 1.165) is 51.1 Å². The minimum atomic E-state index is 0.497. The third-order valence-electron chi connectivity index (χ3n) is 6.45. The lowest BCUT2D eigenvalue weighted by atomic mass is 9.97. The lowest BCUT2D eigenvalue weighted by Crippen LogP contribution is -2.34. The summed E-state index contributed by atoms with van der Waals surface area (Å²) in [5.41, 5.74) is 10.5. The molecule has 0 atom stereocenters. The number of piperidine rings is 1. The summed E-state index contributed by atoms with van der Waals surface area (Å²) in [5.74, 6) is 2.14. The largest absolute Gasteiger partial charge is 0.495 e. The van der Waals surface area contributed by atoms with Crippen molar-refractivity contribution in [3.05, 3.63) is 41.9 Å². The maximum Gasteiger partial charge on any atom is 0.152 e. The Morgan fingerprint density at radius 1 is 1.22 bits per heavy atom. The first-order valence-corrected chi connectivity index (χ1v) is 11.9. The minimum Gasteiger partial charge on any atom is -0.495 e. The molecule has 0 bridgehead atoms. The standard InChI is InChI=1S/C24H30N6OS/c1-15-8-17-10-21(32-23(17)20(9-15)31-3)19-11-18(30-22(19)24(25)27-14-28-30)13-26-12-16-4-6-29(2)7-5-16/h8-11,14,16,26H,4-7,12-13H2,1-3H3,(H2,25,27,28). The molecule has 0 saturated carbocycles. The molecule has 0 unspecified atom stereocenters. The number of nitrogens with one attached hydrogen (secondary N) is 1. The summed E-state index contributed by atoms with van der Waals surface area (Å²) >= 11 is 1.72. The van der Waals surface area contributed by atoms with Crippen LogP contribution in [0.2, 0.25) is 0 Å². The second-order valence-corrected chi connectivity index (χ2v) is 9.88. The van der Waals surface area contributed by atoms with Gasteiger partial charge in [-0.05, 0) is 81.5 Å². The van der Waals surface area contributed by atoms with Crippen LogP contribution in [0.5, 0.6) is 5.75 Å². The van der Waals surface area contributed by atoms with Crippen LogP contribution in [0, 0.1) is 12.8 Å². The van der Waals surface area contributed by atoms with E-state index < -0.39 is 0 Å². The van der Waals surface area contributed by atoms with Crippen molar-refractivity contribution in [3.63, 3.8) is 0 Å². The van der Waals surface area contributed by atoms with E-state index in [1.54, 1.807) is 18.4 Å². The molecule has 3 N–H and O–H groups in total. The van der Waals surface area contributed by atoms with E-state index >= 15 is 0 Å². The molecular formula is C24H30N6OS. The SMILES string of the molecule is COc1cc(C)cc2cc(-c3cc(CNCC4CCN(C)CC4)n4ncnc(N)c34)sc12. The number of hydrogen-bond donors (Lipinski definition) is 2. The van der Waals surface area contributed by atoms with Crippen molar-refractivity contribution in [1.29, 1.82) is 0 Å². The van der Waals surface area contributed by atoms with Crippen LogP contribution in [0.4, 0.5) is 5.82 Å². The van der Waals surface area contributed by atoms with E-state index in [4.69, 9.17) is 10.5 Å². The molecule has 7 nitrogen and oxygen atoms in total. The van der Waals surface area contributed by atoms with Crippen LogP contribution in [0.1, 0.15) is 24.1 Å². The van der Waals surface area contributed by atoms with Crippen molar-refractivity contribution in [3.8, 4) is 16.2 Å². The van der Waals surface area contributed by atoms with Crippen molar-refractivity contribution < 1.29 is 4.74 Å². The molecule has 1 aromatic carbocycles. The Kier molecular flexibility index (Phi) is 5.75. The van der Waals surface area contributed by atoms with Crippen molar-refractivity contribution in [2.45, 2.75) is 26.3 Å². The van der Waals surface area contributed by atoms with Gasteiger partial charge in [0.1, 0.15) is 17.6 Å². The Labute approximate surface area is 192 Å². The lowest BCUT2D eigenvalue weighted by Gasteiger charge is -2.29. The number of nitrogens with two attached hydrogens (primary N) is 1. The summed E-state index contributed by atoms with van der Waals surface area (Å²) in [7, 11) is 3.92. The third-order valence-corrected chi connectivity index (χ3v) is 7.64. The Balaban J connectivity index is 1.47. The van der Waals surface area contributed by atoms with E-state index in [1.165, 1.54) is 43.2 Å². The Hall–Kier alpha value is -2.68. The van der Waals surface area contributed by atoms with Crippen LogP contribution < -0.4 is 15.8 Å². The number of nitrogen functional groups attached to an aromatic ring is 1. The second kappa shape index (κ2) is 8.69. The fourth-order valence-electron chi connectivity index (χ4n) is 4.67. The van der Waals surface area contributed by atoms with E-state index in [1.807, 2.05) is 4.52 Å². The number of fused-ring (bicyclic) bond motifs is 2. The molecule has 4 aromatic rings. The quantitative estimate of drug-likeness (QED) is 0.463. The van der Waals surface area contributed by atoms with E-state index in [-0.39, 0.29) is 0 Å². The molecule has 1 aliphatic heterocycles. The molecule has 32 heavy (non-hydrogen) atoms. The maximum absolute atomic E-state index is 6.32. The van der Waals surface area contributed by atoms with Gasteiger partial charge in [0.25, 0.3) is 0 Å². The zero-order valence-corrected chi connectivity index (χ0v) is 19.7. The van der Waals surface area contributed by atoms with Crippen LogP contribution in [-0.2, 0) is 6.54 Å². The van der Waals surface area contributed by atoms with Gasteiger partial charge in [0, 0.05) is 17.0 Å². The van der Waals surface area contributed by atoms with Gasteiger partial charge >= 0.3 is 0 Å². The first-order chi connectivity index (χ1) is 15.5.